The number of aryl methyl sites for hydroxylation is 1. The molecule has 0 bridgehead atoms. The van der Waals surface area contributed by atoms with Gasteiger partial charge in [0.05, 0.1) is 0 Å². The number of benzene rings is 4. The largest absolute Gasteiger partial charge is 0.491 e. The highest BCUT2D eigenvalue weighted by molar-refractivity contribution is 7.80. The molecule has 0 fully saturated rings. The monoisotopic (exact) mass is 678 g/mol. The van der Waals surface area contributed by atoms with Crippen LogP contribution in [-0.4, -0.2) is 56.9 Å². The van der Waals surface area contributed by atoms with Crippen LogP contribution in [-0.2, 0) is 30.1 Å². The molecule has 2 unspecified atom stereocenters. The fourth-order valence-electron chi connectivity index (χ4n) is 5.23. The zero-order valence-corrected chi connectivity index (χ0v) is 29.2. The Bertz CT molecular complexity index is 1680. The van der Waals surface area contributed by atoms with Crippen molar-refractivity contribution in [2.45, 2.75) is 64.8 Å². The van der Waals surface area contributed by atoms with E-state index in [9.17, 15) is 13.5 Å². The molecule has 0 spiro atoms. The second-order valence-corrected chi connectivity index (χ2v) is 13.7. The average Bonchev–Trinajstić information content (AvgIpc) is 3.05. The third-order valence-corrected chi connectivity index (χ3v) is 8.81. The van der Waals surface area contributed by atoms with Gasteiger partial charge in [0.15, 0.2) is 0 Å². The van der Waals surface area contributed by atoms with Crippen LogP contribution in [0, 0.1) is 6.92 Å². The number of aliphatic hydroxyl groups excluding tert-OH is 1. The molecule has 4 rings (SSSR count). The lowest BCUT2D eigenvalue weighted by atomic mass is 9.78. The smallest absolute Gasteiger partial charge is 0.400 e. The molecule has 0 saturated heterocycles. The van der Waals surface area contributed by atoms with Crippen LogP contribution in [0.5, 0.6) is 17.2 Å². The summed E-state index contributed by atoms with van der Waals surface area (Å²) in [7, 11) is -4.68. The Labute approximate surface area is 284 Å². The van der Waals surface area contributed by atoms with Gasteiger partial charge in [-0.25, -0.2) is 4.18 Å². The van der Waals surface area contributed by atoms with Crippen LogP contribution in [0.2, 0.25) is 0 Å². The summed E-state index contributed by atoms with van der Waals surface area (Å²) < 4.78 is 57.9. The molecule has 0 aliphatic carbocycles. The van der Waals surface area contributed by atoms with Crippen LogP contribution in [0.25, 0.3) is 0 Å². The predicted octanol–water partition coefficient (Wildman–Crippen LogP) is 7.03. The fourth-order valence-corrected chi connectivity index (χ4v) is 5.61. The van der Waals surface area contributed by atoms with Crippen LogP contribution in [0.1, 0.15) is 62.4 Å². The van der Waals surface area contributed by atoms with Gasteiger partial charge in [-0.05, 0) is 72.5 Å². The molecule has 0 saturated carbocycles. The summed E-state index contributed by atoms with van der Waals surface area (Å²) in [5, 5.41) is 10.5. The van der Waals surface area contributed by atoms with Crippen molar-refractivity contribution in [2.75, 3.05) is 26.4 Å². The lowest BCUT2D eigenvalue weighted by Crippen LogP contribution is -2.28. The number of hydrogen-bond acceptors (Lipinski definition) is 8. The third kappa shape index (κ3) is 10.3. The summed E-state index contributed by atoms with van der Waals surface area (Å²) in [5.74, 6) is 1.81. The quantitative estimate of drug-likeness (QED) is 0.0896. The first-order valence-corrected chi connectivity index (χ1v) is 17.3. The molecule has 0 aliphatic rings. The summed E-state index contributed by atoms with van der Waals surface area (Å²) >= 11 is 0. The maximum Gasteiger partial charge on any atom is 0.400 e. The van der Waals surface area contributed by atoms with Gasteiger partial charge in [-0.3, -0.25) is 4.55 Å². The number of ether oxygens (including phenoxy) is 4. The van der Waals surface area contributed by atoms with Crippen LogP contribution in [0.4, 0.5) is 0 Å². The second kappa shape index (κ2) is 16.0. The van der Waals surface area contributed by atoms with Gasteiger partial charge in [0.1, 0.15) is 43.2 Å². The molecule has 0 aromatic heterocycles. The van der Waals surface area contributed by atoms with Crippen molar-refractivity contribution in [2.24, 2.45) is 0 Å². The molecule has 0 heterocycles. The number of aliphatic hydroxyl groups is 1. The Morgan fingerprint density at radius 2 is 0.938 bits per heavy atom. The van der Waals surface area contributed by atoms with Gasteiger partial charge in [-0.15, -0.1) is 0 Å². The van der Waals surface area contributed by atoms with Crippen LogP contribution < -0.4 is 14.2 Å². The van der Waals surface area contributed by atoms with E-state index in [4.69, 9.17) is 23.5 Å². The summed E-state index contributed by atoms with van der Waals surface area (Å²) in [5.41, 5.74) is 5.24. The van der Waals surface area contributed by atoms with E-state index < -0.39 is 22.8 Å². The van der Waals surface area contributed by atoms with Gasteiger partial charge in [0.2, 0.25) is 6.29 Å². The van der Waals surface area contributed by atoms with E-state index in [2.05, 4.69) is 75.2 Å². The zero-order valence-electron chi connectivity index (χ0n) is 28.4. The van der Waals surface area contributed by atoms with Gasteiger partial charge < -0.3 is 24.1 Å². The standard InChI is InChI=1S/C38H46O9S/c1-7-43-36(47-48(40,41)42)26-46-35-22-16-31(17-23-35)38(5,6)30-14-20-34(21-15-30)45-25-32(39)24-44-33-18-12-29(13-19-33)37(3,4)28-10-8-27(2)9-11-28/h8-23,32,36,39H,7,24-26H2,1-6H3,(H,40,41,42). The fraction of sp³-hybridized carbons (Fsp3) is 0.368. The van der Waals surface area contributed by atoms with Gasteiger partial charge >= 0.3 is 10.4 Å². The molecule has 0 radical (unpaired) electrons. The van der Waals surface area contributed by atoms with Crippen molar-refractivity contribution in [3.05, 3.63) is 125 Å². The lowest BCUT2D eigenvalue weighted by Gasteiger charge is -2.27. The highest BCUT2D eigenvalue weighted by Gasteiger charge is 2.25. The lowest BCUT2D eigenvalue weighted by molar-refractivity contribution is -0.0981. The Kier molecular flexibility index (Phi) is 12.3. The molecule has 258 valence electrons. The number of rotatable bonds is 17. The van der Waals surface area contributed by atoms with Gasteiger partial charge in [-0.1, -0.05) is 93.9 Å². The molecule has 9 nitrogen and oxygen atoms in total. The maximum absolute atomic E-state index is 11.0. The molecule has 4 aromatic rings. The predicted molar refractivity (Wildman–Crippen MR) is 185 cm³/mol. The number of hydrogen-bond donors (Lipinski definition) is 2. The molecule has 2 N–H and O–H groups in total. The highest BCUT2D eigenvalue weighted by Crippen LogP contribution is 2.34. The Balaban J connectivity index is 1.25. The van der Waals surface area contributed by atoms with Crippen molar-refractivity contribution in [1.82, 2.24) is 0 Å². The molecule has 48 heavy (non-hydrogen) atoms. The molecular weight excluding hydrogens is 632 g/mol. The average molecular weight is 679 g/mol. The summed E-state index contributed by atoms with van der Waals surface area (Å²) in [6.07, 6.45) is -2.08. The van der Waals surface area contributed by atoms with E-state index in [1.165, 1.54) is 16.7 Å². The maximum atomic E-state index is 11.0. The minimum absolute atomic E-state index is 0.0855. The van der Waals surface area contributed by atoms with Crippen LogP contribution in [0.15, 0.2) is 97.1 Å². The van der Waals surface area contributed by atoms with Crippen molar-refractivity contribution in [3.63, 3.8) is 0 Å². The van der Waals surface area contributed by atoms with Crippen molar-refractivity contribution in [1.29, 1.82) is 0 Å². The van der Waals surface area contributed by atoms with E-state index in [0.29, 0.717) is 17.2 Å². The second-order valence-electron chi connectivity index (χ2n) is 12.7. The summed E-state index contributed by atoms with van der Waals surface area (Å²) in [6.45, 7) is 12.5. The van der Waals surface area contributed by atoms with Crippen molar-refractivity contribution >= 4 is 10.4 Å². The van der Waals surface area contributed by atoms with Gasteiger partial charge in [0, 0.05) is 17.4 Å². The topological polar surface area (TPSA) is 121 Å². The molecule has 4 aromatic carbocycles. The summed E-state index contributed by atoms with van der Waals surface area (Å²) in [6, 6.07) is 31.7. The van der Waals surface area contributed by atoms with E-state index in [-0.39, 0.29) is 37.3 Å². The van der Waals surface area contributed by atoms with E-state index in [1.807, 2.05) is 48.5 Å². The van der Waals surface area contributed by atoms with Crippen LogP contribution in [0.3, 0.4) is 0 Å². The normalized spacial score (nSPS) is 13.5. The molecular formula is C38H46O9S. The van der Waals surface area contributed by atoms with Crippen molar-refractivity contribution < 1.29 is 41.2 Å². The SMILES string of the molecule is CCOC(COc1ccc(C(C)(C)c2ccc(OCC(O)COc3ccc(C(C)(C)c4ccc(C)cc4)cc3)cc2)cc1)OS(=O)(=O)O. The zero-order chi connectivity index (χ0) is 35.0. The Morgan fingerprint density at radius 1 is 0.604 bits per heavy atom. The minimum Gasteiger partial charge on any atom is -0.491 e. The highest BCUT2D eigenvalue weighted by atomic mass is 32.3. The van der Waals surface area contributed by atoms with Gasteiger partial charge in [-0.2, -0.15) is 8.42 Å². The Hall–Kier alpha value is -3.93. The van der Waals surface area contributed by atoms with Gasteiger partial charge in [0.25, 0.3) is 0 Å². The third-order valence-electron chi connectivity index (χ3n) is 8.35. The molecule has 0 amide bonds. The molecule has 10 heteroatoms. The van der Waals surface area contributed by atoms with E-state index in [1.54, 1.807) is 19.1 Å². The van der Waals surface area contributed by atoms with E-state index >= 15 is 0 Å². The van der Waals surface area contributed by atoms with Crippen LogP contribution >= 0.6 is 0 Å². The minimum atomic E-state index is -4.68. The first-order valence-electron chi connectivity index (χ1n) is 15.9. The molecule has 2 atom stereocenters. The summed E-state index contributed by atoms with van der Waals surface area (Å²) in [4.78, 5) is 0. The Morgan fingerprint density at radius 3 is 1.27 bits per heavy atom. The molecule has 0 aliphatic heterocycles. The van der Waals surface area contributed by atoms with Crippen molar-refractivity contribution in [3.8, 4) is 17.2 Å². The first kappa shape index (κ1) is 36.9. The van der Waals surface area contributed by atoms with E-state index in [0.717, 1.165) is 11.1 Å². The first-order chi connectivity index (χ1) is 22.7.